The van der Waals surface area contributed by atoms with Crippen LogP contribution in [0.2, 0.25) is 0 Å². The number of benzene rings is 1. The van der Waals surface area contributed by atoms with Gasteiger partial charge in [-0.05, 0) is 49.9 Å². The number of aliphatic hydroxyl groups is 3. The molecule has 13 nitrogen and oxygen atoms in total. The summed E-state index contributed by atoms with van der Waals surface area (Å²) in [6, 6.07) is 0.582. The average molecular weight is 601 g/mol. The molecule has 7 N–H and O–H groups in total. The number of phenolic OH excluding ortho intramolecular Hbond substituents is 1. The van der Waals surface area contributed by atoms with Crippen molar-refractivity contribution in [2.24, 2.45) is 23.0 Å². The van der Waals surface area contributed by atoms with Crippen LogP contribution in [0.3, 0.4) is 0 Å². The Labute approximate surface area is 249 Å². The summed E-state index contributed by atoms with van der Waals surface area (Å²) in [5.41, 5.74) is 2.43. The van der Waals surface area contributed by atoms with E-state index in [0.29, 0.717) is 11.3 Å². The third kappa shape index (κ3) is 5.20. The first-order chi connectivity index (χ1) is 19.8. The Morgan fingerprint density at radius 3 is 2.30 bits per heavy atom. The fourth-order valence-electron chi connectivity index (χ4n) is 6.39. The maximum atomic E-state index is 14.1. The van der Waals surface area contributed by atoms with Gasteiger partial charge in [0, 0.05) is 43.4 Å². The van der Waals surface area contributed by atoms with Crippen molar-refractivity contribution in [3.63, 3.8) is 0 Å². The number of phenols is 1. The minimum absolute atomic E-state index is 0.0116. The molecule has 234 valence electrons. The van der Waals surface area contributed by atoms with Gasteiger partial charge in [-0.15, -0.1) is 0 Å². The molecule has 3 aliphatic carbocycles. The third-order valence-electron chi connectivity index (χ3n) is 8.32. The van der Waals surface area contributed by atoms with Gasteiger partial charge in [0.05, 0.1) is 18.2 Å². The van der Waals surface area contributed by atoms with Gasteiger partial charge >= 0.3 is 6.09 Å². The number of nitrogens with one attached hydrogen (secondary N) is 1. The first-order valence-corrected chi connectivity index (χ1v) is 13.9. The highest BCUT2D eigenvalue weighted by Crippen LogP contribution is 2.53. The fourth-order valence-corrected chi connectivity index (χ4v) is 6.39. The van der Waals surface area contributed by atoms with Gasteiger partial charge < -0.3 is 41.1 Å². The summed E-state index contributed by atoms with van der Waals surface area (Å²) >= 11 is 0. The molecule has 0 radical (unpaired) electrons. The van der Waals surface area contributed by atoms with Crippen LogP contribution in [0.15, 0.2) is 28.7 Å². The number of likely N-dealkylation sites (N-methyl/N-ethyl adjacent to an activating group) is 1. The lowest BCUT2D eigenvalue weighted by Crippen LogP contribution is -2.63. The van der Waals surface area contributed by atoms with Crippen molar-refractivity contribution in [3.8, 4) is 5.75 Å². The van der Waals surface area contributed by atoms with E-state index < -0.39 is 69.9 Å². The normalized spacial score (nSPS) is 25.3. The molecular formula is C30H40N4O9. The number of primary amides is 1. The Bertz CT molecular complexity index is 1470. The quantitative estimate of drug-likeness (QED) is 0.258. The molecule has 0 spiro atoms. The number of hydrogen-bond acceptors (Lipinski definition) is 11. The first kappa shape index (κ1) is 31.8. The molecule has 0 fully saturated rings. The van der Waals surface area contributed by atoms with Gasteiger partial charge in [0.25, 0.3) is 5.91 Å². The molecule has 43 heavy (non-hydrogen) atoms. The van der Waals surface area contributed by atoms with E-state index >= 15 is 0 Å². The molecule has 0 saturated carbocycles. The lowest BCUT2D eigenvalue weighted by atomic mass is 9.58. The Morgan fingerprint density at radius 1 is 1.14 bits per heavy atom. The minimum Gasteiger partial charge on any atom is -0.510 e. The van der Waals surface area contributed by atoms with Crippen molar-refractivity contribution in [1.29, 1.82) is 0 Å². The Balaban J connectivity index is 1.82. The van der Waals surface area contributed by atoms with Crippen molar-refractivity contribution < 1.29 is 44.3 Å². The van der Waals surface area contributed by atoms with Crippen molar-refractivity contribution >= 4 is 29.3 Å². The predicted octanol–water partition coefficient (Wildman–Crippen LogP) is 1.46. The minimum atomic E-state index is -2.72. The lowest BCUT2D eigenvalue weighted by molar-refractivity contribution is -0.148. The summed E-state index contributed by atoms with van der Waals surface area (Å²) in [6.45, 7) is 5.70. The zero-order chi connectivity index (χ0) is 32.3. The van der Waals surface area contributed by atoms with E-state index in [1.807, 2.05) is 20.8 Å². The number of nitrogens with two attached hydrogens (primary N) is 1. The summed E-state index contributed by atoms with van der Waals surface area (Å²) in [7, 11) is 6.66. The van der Waals surface area contributed by atoms with E-state index in [0.717, 1.165) is 0 Å². The summed E-state index contributed by atoms with van der Waals surface area (Å²) in [4.78, 5) is 55.3. The molecule has 4 rings (SSSR count). The largest absolute Gasteiger partial charge is 0.510 e. The molecule has 0 heterocycles. The van der Waals surface area contributed by atoms with Gasteiger partial charge in [0.2, 0.25) is 5.78 Å². The molecule has 0 unspecified atom stereocenters. The Kier molecular flexibility index (Phi) is 8.05. The number of hydrogen-bond donors (Lipinski definition) is 6. The number of ketones is 2. The third-order valence-corrected chi connectivity index (χ3v) is 8.32. The monoisotopic (exact) mass is 600 g/mol. The number of carbonyl (C=O) groups is 4. The molecule has 0 aliphatic heterocycles. The number of anilines is 1. The van der Waals surface area contributed by atoms with Crippen LogP contribution in [-0.4, -0.2) is 95.3 Å². The van der Waals surface area contributed by atoms with Crippen LogP contribution < -0.4 is 16.0 Å². The molecule has 4 atom stereocenters. The molecule has 1 aromatic rings. The molecule has 3 aliphatic rings. The number of carbonyl (C=O) groups excluding carboxylic acids is 4. The van der Waals surface area contributed by atoms with Crippen LogP contribution in [-0.2, 0) is 27.3 Å². The fraction of sp³-hybridized carbons (Fsp3) is 0.533. The molecule has 1 aromatic carbocycles. The molecule has 0 saturated heterocycles. The number of aromatic hydroxyl groups is 1. The van der Waals surface area contributed by atoms with E-state index in [1.54, 1.807) is 39.2 Å². The number of fused-ring (bicyclic) bond motifs is 3. The average Bonchev–Trinajstić information content (AvgIpc) is 2.88. The van der Waals surface area contributed by atoms with Crippen LogP contribution in [0.4, 0.5) is 10.5 Å². The van der Waals surface area contributed by atoms with E-state index in [9.17, 15) is 39.6 Å². The number of aliphatic hydroxyl groups excluding tert-OH is 2. The van der Waals surface area contributed by atoms with Crippen molar-refractivity contribution in [2.45, 2.75) is 51.8 Å². The van der Waals surface area contributed by atoms with Gasteiger partial charge in [-0.25, -0.2) is 4.79 Å². The lowest BCUT2D eigenvalue weighted by Gasteiger charge is -2.50. The van der Waals surface area contributed by atoms with E-state index in [1.165, 1.54) is 4.90 Å². The van der Waals surface area contributed by atoms with Gasteiger partial charge in [-0.3, -0.25) is 19.3 Å². The maximum absolute atomic E-state index is 14.1. The SMILES string of the molecule is CN(C)c1cc(CNC(=O)OCC(C)(C)C)c(O)c2c1C[C@@H]1C[C@@H]3[C@@H](N(C)C)C(O)=C(C(N)=O)C(=O)[C@]3(O)C(O)=C1C2=O. The van der Waals surface area contributed by atoms with Gasteiger partial charge in [-0.1, -0.05) is 20.8 Å². The number of ether oxygens (including phenoxy) is 1. The summed E-state index contributed by atoms with van der Waals surface area (Å²) in [5.74, 6) is -7.18. The van der Waals surface area contributed by atoms with Gasteiger partial charge in [0.15, 0.2) is 11.4 Å². The second-order valence-corrected chi connectivity index (χ2v) is 13.1. The Morgan fingerprint density at radius 2 is 1.77 bits per heavy atom. The van der Waals surface area contributed by atoms with E-state index in [2.05, 4.69) is 5.32 Å². The van der Waals surface area contributed by atoms with E-state index in [4.69, 9.17) is 10.5 Å². The highest BCUT2D eigenvalue weighted by atomic mass is 16.5. The van der Waals surface area contributed by atoms with Crippen molar-refractivity contribution in [2.75, 3.05) is 39.7 Å². The zero-order valence-corrected chi connectivity index (χ0v) is 25.4. The molecule has 2 amide bonds. The van der Waals surface area contributed by atoms with Gasteiger partial charge in [0.1, 0.15) is 22.8 Å². The molecular weight excluding hydrogens is 560 g/mol. The van der Waals surface area contributed by atoms with Crippen LogP contribution >= 0.6 is 0 Å². The van der Waals surface area contributed by atoms with Crippen molar-refractivity contribution in [3.05, 3.63) is 45.4 Å². The number of Topliss-reactive ketones (excluding diaryl/α,β-unsaturated/α-hetero) is 2. The standard InChI is InChI=1S/C30H40N4O9/c1-29(2,3)12-43-28(41)32-11-14-10-17(33(4)5)15-8-13-9-16-21(34(6)7)24(37)20(27(31)40)26(39)30(16,42)25(38)18(13)23(36)19(15)22(14)35/h10,13,16,21,35,37-38,42H,8-9,11-12H2,1-7H3,(H2,31,40)(H,32,41)/t13-,16-,21-,30-/m1/s1. The number of alkyl carbamates (subject to hydrolysis) is 1. The van der Waals surface area contributed by atoms with E-state index in [-0.39, 0.29) is 48.1 Å². The smallest absolute Gasteiger partial charge is 0.407 e. The van der Waals surface area contributed by atoms with Crippen LogP contribution in [0.5, 0.6) is 5.75 Å². The highest BCUT2D eigenvalue weighted by Gasteiger charge is 2.63. The van der Waals surface area contributed by atoms with Crippen molar-refractivity contribution in [1.82, 2.24) is 10.2 Å². The molecule has 0 aromatic heterocycles. The number of allylic oxidation sites excluding steroid dienone is 1. The topological polar surface area (TPSA) is 203 Å². The van der Waals surface area contributed by atoms with Gasteiger partial charge in [-0.2, -0.15) is 0 Å². The summed E-state index contributed by atoms with van der Waals surface area (Å²) in [6.07, 6.45) is -0.572. The summed E-state index contributed by atoms with van der Waals surface area (Å²) < 4.78 is 5.23. The molecule has 0 bridgehead atoms. The van der Waals surface area contributed by atoms with Crippen LogP contribution in [0.25, 0.3) is 0 Å². The first-order valence-electron chi connectivity index (χ1n) is 13.9. The predicted molar refractivity (Wildman–Crippen MR) is 156 cm³/mol. The Hall–Kier alpha value is -4.10. The highest BCUT2D eigenvalue weighted by molar-refractivity contribution is 6.25. The number of amides is 2. The summed E-state index contributed by atoms with van der Waals surface area (Å²) in [5, 5.41) is 48.1. The number of nitrogens with zero attached hydrogens (tertiary/aromatic N) is 2. The van der Waals surface area contributed by atoms with Crippen LogP contribution in [0.1, 0.15) is 48.7 Å². The number of rotatable bonds is 6. The molecule has 13 heteroatoms. The second-order valence-electron chi connectivity index (χ2n) is 13.1. The zero-order valence-electron chi connectivity index (χ0n) is 25.4. The second kappa shape index (κ2) is 10.9. The maximum Gasteiger partial charge on any atom is 0.407 e. The van der Waals surface area contributed by atoms with Crippen LogP contribution in [0, 0.1) is 17.3 Å².